The van der Waals surface area contributed by atoms with Gasteiger partial charge in [-0.3, -0.25) is 0 Å². The van der Waals surface area contributed by atoms with E-state index in [1.54, 1.807) is 0 Å². The summed E-state index contributed by atoms with van der Waals surface area (Å²) in [5, 5.41) is 10.5. The van der Waals surface area contributed by atoms with Crippen molar-refractivity contribution in [3.63, 3.8) is 0 Å². The molecule has 0 aliphatic carbocycles. The molecule has 0 spiro atoms. The molecule has 0 amide bonds. The molecule has 1 aliphatic heterocycles. The fourth-order valence-electron chi connectivity index (χ4n) is 5.77. The molecule has 8 rings (SSSR count). The first-order chi connectivity index (χ1) is 17.3. The first-order valence-corrected chi connectivity index (χ1v) is 12.8. The topological polar surface area (TPSA) is 0 Å². The zero-order valence-corrected chi connectivity index (χ0v) is 19.8. The highest BCUT2D eigenvalue weighted by molar-refractivity contribution is 7.99. The Morgan fingerprint density at radius 2 is 1.11 bits per heavy atom. The molecule has 7 aromatic rings. The Morgan fingerprint density at radius 1 is 0.371 bits per heavy atom. The minimum Gasteiger partial charge on any atom is -0.0888 e. The lowest BCUT2D eigenvalue weighted by atomic mass is 9.90. The van der Waals surface area contributed by atoms with Crippen LogP contribution < -0.4 is 0 Å². The van der Waals surface area contributed by atoms with Crippen molar-refractivity contribution < 1.29 is 0 Å². The number of hydrogen-bond acceptors (Lipinski definition) is 1. The second-order valence-electron chi connectivity index (χ2n) is 9.36. The highest BCUT2D eigenvalue weighted by Crippen LogP contribution is 2.49. The van der Waals surface area contributed by atoms with Crippen molar-refractivity contribution >= 4 is 54.9 Å². The van der Waals surface area contributed by atoms with Gasteiger partial charge in [-0.1, -0.05) is 96.7 Å². The summed E-state index contributed by atoms with van der Waals surface area (Å²) in [6.45, 7) is 0. The average Bonchev–Trinajstić information content (AvgIpc) is 2.92. The molecule has 7 aromatic carbocycles. The maximum absolute atomic E-state index is 2.40. The van der Waals surface area contributed by atoms with E-state index in [1.807, 2.05) is 11.8 Å². The van der Waals surface area contributed by atoms with Gasteiger partial charge in [-0.2, -0.15) is 0 Å². The molecule has 0 saturated heterocycles. The van der Waals surface area contributed by atoms with Gasteiger partial charge in [0.25, 0.3) is 0 Å². The molecule has 0 fully saturated rings. The predicted molar refractivity (Wildman–Crippen MR) is 151 cm³/mol. The lowest BCUT2D eigenvalue weighted by molar-refractivity contribution is 1.40. The largest absolute Gasteiger partial charge is 0.0888 e. The van der Waals surface area contributed by atoms with E-state index in [0.29, 0.717) is 0 Å². The van der Waals surface area contributed by atoms with Gasteiger partial charge in [0.05, 0.1) is 0 Å². The van der Waals surface area contributed by atoms with Crippen LogP contribution in [-0.2, 0) is 0 Å². The van der Waals surface area contributed by atoms with E-state index in [9.17, 15) is 0 Å². The van der Waals surface area contributed by atoms with Crippen LogP contribution in [-0.4, -0.2) is 0 Å². The molecule has 1 aliphatic rings. The molecule has 1 heteroatoms. The second kappa shape index (κ2) is 7.21. The normalized spacial score (nSPS) is 12.5. The maximum atomic E-state index is 2.40. The molecular formula is C34H20S. The SMILES string of the molecule is c1ccc2cc3c(cc(-c4ccc5c(c4)-c4cccc6cccc(c46)S5)c4ccccc43)cc2c1. The molecule has 0 unspecified atom stereocenters. The van der Waals surface area contributed by atoms with E-state index in [-0.39, 0.29) is 0 Å². The number of fused-ring (bicyclic) bond motifs is 6. The first-order valence-electron chi connectivity index (χ1n) is 12.0. The van der Waals surface area contributed by atoms with Crippen LogP contribution in [0, 0.1) is 0 Å². The highest BCUT2D eigenvalue weighted by atomic mass is 32.2. The fraction of sp³-hybridized carbons (Fsp3) is 0. The molecule has 0 atom stereocenters. The van der Waals surface area contributed by atoms with Crippen molar-refractivity contribution in [1.29, 1.82) is 0 Å². The van der Waals surface area contributed by atoms with Crippen molar-refractivity contribution in [2.75, 3.05) is 0 Å². The monoisotopic (exact) mass is 460 g/mol. The molecule has 0 nitrogen and oxygen atoms in total. The van der Waals surface area contributed by atoms with Crippen LogP contribution in [0.3, 0.4) is 0 Å². The summed E-state index contributed by atoms with van der Waals surface area (Å²) in [6.07, 6.45) is 0. The smallest absolute Gasteiger partial charge is 0.0207 e. The van der Waals surface area contributed by atoms with E-state index >= 15 is 0 Å². The fourth-order valence-corrected chi connectivity index (χ4v) is 6.90. The van der Waals surface area contributed by atoms with Gasteiger partial charge in [0.1, 0.15) is 0 Å². The summed E-state index contributed by atoms with van der Waals surface area (Å²) in [5.41, 5.74) is 5.23. The second-order valence-corrected chi connectivity index (χ2v) is 10.4. The lowest BCUT2D eigenvalue weighted by Crippen LogP contribution is -1.94. The van der Waals surface area contributed by atoms with Crippen LogP contribution in [0.2, 0.25) is 0 Å². The van der Waals surface area contributed by atoms with Gasteiger partial charge in [-0.25, -0.2) is 0 Å². The lowest BCUT2D eigenvalue weighted by Gasteiger charge is -2.21. The summed E-state index contributed by atoms with van der Waals surface area (Å²) < 4.78 is 0. The van der Waals surface area contributed by atoms with Crippen molar-refractivity contribution in [1.82, 2.24) is 0 Å². The molecule has 1 heterocycles. The third-order valence-electron chi connectivity index (χ3n) is 7.39. The average molecular weight is 461 g/mol. The molecule has 0 N–H and O–H groups in total. The summed E-state index contributed by atoms with van der Waals surface area (Å²) in [5.74, 6) is 0. The van der Waals surface area contributed by atoms with Gasteiger partial charge in [-0.05, 0) is 96.4 Å². The van der Waals surface area contributed by atoms with Crippen molar-refractivity contribution in [3.05, 3.63) is 121 Å². The molecule has 35 heavy (non-hydrogen) atoms. The van der Waals surface area contributed by atoms with Crippen LogP contribution in [0.4, 0.5) is 0 Å². The Bertz CT molecular complexity index is 1970. The van der Waals surface area contributed by atoms with Crippen molar-refractivity contribution in [2.45, 2.75) is 9.79 Å². The third kappa shape index (κ3) is 2.82. The van der Waals surface area contributed by atoms with E-state index in [1.165, 1.54) is 75.1 Å². The zero-order valence-electron chi connectivity index (χ0n) is 19.0. The van der Waals surface area contributed by atoms with Gasteiger partial charge < -0.3 is 0 Å². The Hall–Kier alpha value is -4.07. The molecule has 0 bridgehead atoms. The van der Waals surface area contributed by atoms with E-state index in [4.69, 9.17) is 0 Å². The molecule has 0 saturated carbocycles. The molecule has 0 radical (unpaired) electrons. The molecular weight excluding hydrogens is 440 g/mol. The number of hydrogen-bond donors (Lipinski definition) is 0. The Morgan fingerprint density at radius 3 is 2.00 bits per heavy atom. The Labute approximate surface area is 207 Å². The number of benzene rings is 7. The number of rotatable bonds is 1. The minimum absolute atomic E-state index is 1.27. The predicted octanol–water partition coefficient (Wildman–Crippen LogP) is 10.1. The quantitative estimate of drug-likeness (QED) is 0.173. The summed E-state index contributed by atoms with van der Waals surface area (Å²) >= 11 is 1.89. The van der Waals surface area contributed by atoms with Gasteiger partial charge in [0, 0.05) is 15.2 Å². The van der Waals surface area contributed by atoms with Crippen molar-refractivity contribution in [3.8, 4) is 22.3 Å². The summed E-state index contributed by atoms with van der Waals surface area (Å²) in [7, 11) is 0. The first kappa shape index (κ1) is 19.3. The van der Waals surface area contributed by atoms with Gasteiger partial charge in [0.15, 0.2) is 0 Å². The summed E-state index contributed by atoms with van der Waals surface area (Å²) in [6, 6.07) is 44.9. The molecule has 0 aromatic heterocycles. The van der Waals surface area contributed by atoms with Gasteiger partial charge in [-0.15, -0.1) is 0 Å². The van der Waals surface area contributed by atoms with Crippen LogP contribution in [0.15, 0.2) is 131 Å². The van der Waals surface area contributed by atoms with Crippen LogP contribution in [0.5, 0.6) is 0 Å². The van der Waals surface area contributed by atoms with Crippen LogP contribution in [0.1, 0.15) is 0 Å². The van der Waals surface area contributed by atoms with Gasteiger partial charge >= 0.3 is 0 Å². The maximum Gasteiger partial charge on any atom is 0.0207 e. The van der Waals surface area contributed by atoms with E-state index in [2.05, 4.69) is 121 Å². The molecule has 162 valence electrons. The Balaban J connectivity index is 1.42. The van der Waals surface area contributed by atoms with Crippen molar-refractivity contribution in [2.24, 2.45) is 0 Å². The van der Waals surface area contributed by atoms with E-state index < -0.39 is 0 Å². The van der Waals surface area contributed by atoms with Gasteiger partial charge in [0.2, 0.25) is 0 Å². The summed E-state index contributed by atoms with van der Waals surface area (Å²) in [4.78, 5) is 2.68. The third-order valence-corrected chi connectivity index (χ3v) is 8.53. The zero-order chi connectivity index (χ0) is 22.9. The standard InChI is InChI=1S/C34H20S/c1-2-8-23-18-30-25(17-22(23)7-1)20-29(26-11-3-4-12-27(26)30)24-15-16-32-31(19-24)28-13-5-9-21-10-6-14-33(35-32)34(21)28/h1-20H. The van der Waals surface area contributed by atoms with Crippen LogP contribution >= 0.6 is 11.8 Å². The minimum atomic E-state index is 1.27. The van der Waals surface area contributed by atoms with E-state index in [0.717, 1.165) is 0 Å². The Kier molecular flexibility index (Phi) is 3.97. The van der Waals surface area contributed by atoms with Crippen LogP contribution in [0.25, 0.3) is 65.3 Å². The highest BCUT2D eigenvalue weighted by Gasteiger charge is 2.20.